The van der Waals surface area contributed by atoms with Gasteiger partial charge in [-0.2, -0.15) is 0 Å². The maximum absolute atomic E-state index is 9.22. The van der Waals surface area contributed by atoms with Crippen molar-refractivity contribution < 1.29 is 5.11 Å². The van der Waals surface area contributed by atoms with Gasteiger partial charge in [0.25, 0.3) is 0 Å². The second-order valence-corrected chi connectivity index (χ2v) is 3.05. The van der Waals surface area contributed by atoms with Crippen LogP contribution in [0.4, 0.5) is 0 Å². The summed E-state index contributed by atoms with van der Waals surface area (Å²) in [7, 11) is 0. The van der Waals surface area contributed by atoms with Crippen LogP contribution in [0.5, 0.6) is 5.75 Å². The third-order valence-electron chi connectivity index (χ3n) is 2.04. The highest BCUT2D eigenvalue weighted by Gasteiger charge is 2.06. The Morgan fingerprint density at radius 3 is 2.92 bits per heavy atom. The molecule has 0 amide bonds. The lowest BCUT2D eigenvalue weighted by Gasteiger charge is -2.11. The maximum Gasteiger partial charge on any atom is 0.115 e. The Hall–Kier alpha value is -1.50. The number of allylic oxidation sites excluding steroid dienone is 2. The van der Waals surface area contributed by atoms with Gasteiger partial charge in [0.1, 0.15) is 5.75 Å². The molecule has 0 aromatic heterocycles. The molecule has 0 atom stereocenters. The number of rotatable bonds is 0. The Morgan fingerprint density at radius 2 is 2.08 bits per heavy atom. The molecule has 1 aliphatic carbocycles. The lowest BCUT2D eigenvalue weighted by molar-refractivity contribution is 0.474. The zero-order chi connectivity index (χ0) is 8.55. The van der Waals surface area contributed by atoms with Gasteiger partial charge in [-0.25, -0.2) is 0 Å². The summed E-state index contributed by atoms with van der Waals surface area (Å²) >= 11 is 0. The normalized spacial score (nSPS) is 14.5. The Morgan fingerprint density at radius 1 is 1.25 bits per heavy atom. The zero-order valence-corrected chi connectivity index (χ0v) is 6.75. The summed E-state index contributed by atoms with van der Waals surface area (Å²) in [5.41, 5.74) is 3.43. The van der Waals surface area contributed by atoms with E-state index in [1.54, 1.807) is 12.1 Å². The van der Waals surface area contributed by atoms with E-state index in [1.807, 2.05) is 18.2 Å². The van der Waals surface area contributed by atoms with Crippen molar-refractivity contribution in [1.82, 2.24) is 0 Å². The van der Waals surface area contributed by atoms with Gasteiger partial charge in [0, 0.05) is 0 Å². The average Bonchev–Trinajstić information content (AvgIpc) is 2.03. The first-order valence-corrected chi connectivity index (χ1v) is 3.93. The van der Waals surface area contributed by atoms with Gasteiger partial charge in [-0.1, -0.05) is 30.4 Å². The van der Waals surface area contributed by atoms with Gasteiger partial charge in [0.05, 0.1) is 0 Å². The molecule has 0 radical (unpaired) electrons. The molecule has 0 spiro atoms. The van der Waals surface area contributed by atoms with Crippen molar-refractivity contribution in [3.05, 3.63) is 47.6 Å². The van der Waals surface area contributed by atoms with Crippen molar-refractivity contribution in [3.63, 3.8) is 0 Å². The van der Waals surface area contributed by atoms with Crippen molar-refractivity contribution >= 4 is 6.08 Å². The molecule has 0 saturated carbocycles. The lowest BCUT2D eigenvalue weighted by atomic mass is 9.95. The molecule has 0 saturated heterocycles. The van der Waals surface area contributed by atoms with E-state index in [9.17, 15) is 5.11 Å². The molecule has 1 heteroatoms. The van der Waals surface area contributed by atoms with E-state index in [4.69, 9.17) is 0 Å². The summed E-state index contributed by atoms with van der Waals surface area (Å²) in [6, 6.07) is 5.43. The summed E-state index contributed by atoms with van der Waals surface area (Å²) < 4.78 is 0. The number of fused-ring (bicyclic) bond motifs is 1. The minimum atomic E-state index is 0.330. The minimum absolute atomic E-state index is 0.330. The molecular formula is C11H10O. The van der Waals surface area contributed by atoms with Crippen molar-refractivity contribution in [2.75, 3.05) is 0 Å². The van der Waals surface area contributed by atoms with Crippen LogP contribution in [-0.2, 0) is 6.42 Å². The van der Waals surface area contributed by atoms with Crippen LogP contribution in [0, 0.1) is 0 Å². The van der Waals surface area contributed by atoms with E-state index in [-0.39, 0.29) is 0 Å². The van der Waals surface area contributed by atoms with Crippen molar-refractivity contribution in [2.45, 2.75) is 6.42 Å². The monoisotopic (exact) mass is 158 g/mol. The molecule has 0 unspecified atom stereocenters. The largest absolute Gasteiger partial charge is 0.508 e. The van der Waals surface area contributed by atoms with E-state index in [2.05, 4.69) is 6.58 Å². The average molecular weight is 158 g/mol. The first kappa shape index (κ1) is 7.17. The summed E-state index contributed by atoms with van der Waals surface area (Å²) in [4.78, 5) is 0. The summed E-state index contributed by atoms with van der Waals surface area (Å²) in [5, 5.41) is 9.22. The zero-order valence-electron chi connectivity index (χ0n) is 6.75. The van der Waals surface area contributed by atoms with E-state index in [0.29, 0.717) is 5.75 Å². The predicted molar refractivity (Wildman–Crippen MR) is 50.0 cm³/mol. The molecule has 1 nitrogen and oxygen atoms in total. The van der Waals surface area contributed by atoms with Gasteiger partial charge in [-0.15, -0.1) is 0 Å². The number of aromatic hydroxyl groups is 1. The third-order valence-corrected chi connectivity index (χ3v) is 2.04. The molecule has 1 aromatic rings. The Labute approximate surface area is 71.7 Å². The quantitative estimate of drug-likeness (QED) is 0.615. The van der Waals surface area contributed by atoms with Gasteiger partial charge >= 0.3 is 0 Å². The Kier molecular flexibility index (Phi) is 1.51. The molecule has 0 bridgehead atoms. The number of hydrogen-bond donors (Lipinski definition) is 1. The van der Waals surface area contributed by atoms with Crippen LogP contribution >= 0.6 is 0 Å². The molecule has 0 aliphatic heterocycles. The second kappa shape index (κ2) is 2.52. The topological polar surface area (TPSA) is 20.2 Å². The van der Waals surface area contributed by atoms with Crippen LogP contribution in [0.3, 0.4) is 0 Å². The molecule has 1 aliphatic rings. The highest BCUT2D eigenvalue weighted by Crippen LogP contribution is 2.24. The van der Waals surface area contributed by atoms with Crippen LogP contribution in [0.2, 0.25) is 0 Å². The molecule has 60 valence electrons. The predicted octanol–water partition coefficient (Wildman–Crippen LogP) is 2.52. The van der Waals surface area contributed by atoms with Crippen molar-refractivity contribution in [3.8, 4) is 5.75 Å². The SMILES string of the molecule is C=C1C=Cc2ccc(O)cc2C1. The number of phenols is 1. The third kappa shape index (κ3) is 1.14. The molecule has 12 heavy (non-hydrogen) atoms. The van der Waals surface area contributed by atoms with Crippen LogP contribution in [0.15, 0.2) is 36.4 Å². The van der Waals surface area contributed by atoms with Crippen LogP contribution < -0.4 is 0 Å². The fraction of sp³-hybridized carbons (Fsp3) is 0.0909. The Balaban J connectivity index is 2.54. The molecule has 1 aromatic carbocycles. The minimum Gasteiger partial charge on any atom is -0.508 e. The summed E-state index contributed by atoms with van der Waals surface area (Å²) in [6.45, 7) is 3.87. The first-order chi connectivity index (χ1) is 5.75. The van der Waals surface area contributed by atoms with Crippen molar-refractivity contribution in [2.24, 2.45) is 0 Å². The fourth-order valence-electron chi connectivity index (χ4n) is 1.42. The van der Waals surface area contributed by atoms with Gasteiger partial charge in [-0.3, -0.25) is 0 Å². The number of benzene rings is 1. The van der Waals surface area contributed by atoms with Crippen molar-refractivity contribution in [1.29, 1.82) is 0 Å². The molecular weight excluding hydrogens is 148 g/mol. The van der Waals surface area contributed by atoms with Crippen LogP contribution in [0.25, 0.3) is 6.08 Å². The number of phenolic OH excluding ortho intramolecular Hbond substituents is 1. The van der Waals surface area contributed by atoms with E-state index < -0.39 is 0 Å². The number of hydrogen-bond acceptors (Lipinski definition) is 1. The maximum atomic E-state index is 9.22. The fourth-order valence-corrected chi connectivity index (χ4v) is 1.42. The molecule has 0 heterocycles. The smallest absolute Gasteiger partial charge is 0.115 e. The van der Waals surface area contributed by atoms with Crippen LogP contribution in [0.1, 0.15) is 11.1 Å². The lowest BCUT2D eigenvalue weighted by Crippen LogP contribution is -1.95. The summed E-state index contributed by atoms with van der Waals surface area (Å²) in [6.07, 6.45) is 4.89. The van der Waals surface area contributed by atoms with Gasteiger partial charge in [0.2, 0.25) is 0 Å². The standard InChI is InChI=1S/C11H10O/c1-8-2-3-9-4-5-11(12)7-10(9)6-8/h2-5,7,12H,1,6H2. The molecule has 2 rings (SSSR count). The van der Waals surface area contributed by atoms with Gasteiger partial charge in [-0.05, 0) is 29.7 Å². The molecule has 0 fully saturated rings. The molecule has 1 N–H and O–H groups in total. The van der Waals surface area contributed by atoms with E-state index in [0.717, 1.165) is 17.6 Å². The first-order valence-electron chi connectivity index (χ1n) is 3.93. The van der Waals surface area contributed by atoms with Crippen LogP contribution in [-0.4, -0.2) is 5.11 Å². The second-order valence-electron chi connectivity index (χ2n) is 3.05. The summed E-state index contributed by atoms with van der Waals surface area (Å²) in [5.74, 6) is 0.330. The Bertz CT molecular complexity index is 361. The van der Waals surface area contributed by atoms with E-state index >= 15 is 0 Å². The highest BCUT2D eigenvalue weighted by molar-refractivity contribution is 5.62. The van der Waals surface area contributed by atoms with E-state index in [1.165, 1.54) is 5.56 Å². The van der Waals surface area contributed by atoms with Gasteiger partial charge < -0.3 is 5.11 Å². The van der Waals surface area contributed by atoms with Gasteiger partial charge in [0.15, 0.2) is 0 Å². The highest BCUT2D eigenvalue weighted by atomic mass is 16.3.